The zero-order chi connectivity index (χ0) is 15.7. The number of nitrogens with one attached hydrogen (secondary N) is 1. The van der Waals surface area contributed by atoms with Crippen molar-refractivity contribution >= 4 is 17.3 Å². The zero-order valence-corrected chi connectivity index (χ0v) is 14.7. The molecular formula is C18H28ClN3. The van der Waals surface area contributed by atoms with Crippen molar-refractivity contribution in [2.75, 3.05) is 45.1 Å². The molecule has 2 heterocycles. The molecule has 122 valence electrons. The van der Waals surface area contributed by atoms with Crippen LogP contribution in [0.3, 0.4) is 0 Å². The van der Waals surface area contributed by atoms with Crippen molar-refractivity contribution < 1.29 is 0 Å². The van der Waals surface area contributed by atoms with E-state index in [4.69, 9.17) is 11.6 Å². The Morgan fingerprint density at radius 2 is 1.91 bits per heavy atom. The van der Waals surface area contributed by atoms with Crippen LogP contribution in [0.1, 0.15) is 18.9 Å². The van der Waals surface area contributed by atoms with Gasteiger partial charge in [-0.25, -0.2) is 0 Å². The predicted octanol–water partition coefficient (Wildman–Crippen LogP) is 3.33. The van der Waals surface area contributed by atoms with Gasteiger partial charge in [0.05, 0.1) is 0 Å². The number of hydrogen-bond acceptors (Lipinski definition) is 3. The van der Waals surface area contributed by atoms with Crippen LogP contribution in [0.4, 0.5) is 5.69 Å². The van der Waals surface area contributed by atoms with Gasteiger partial charge >= 0.3 is 0 Å². The number of fused-ring (bicyclic) bond motifs is 1. The number of likely N-dealkylation sites (tertiary alicyclic amines) is 2. The van der Waals surface area contributed by atoms with Crippen molar-refractivity contribution in [1.82, 2.24) is 9.80 Å². The summed E-state index contributed by atoms with van der Waals surface area (Å²) in [5, 5.41) is 4.35. The lowest BCUT2D eigenvalue weighted by Crippen LogP contribution is -2.35. The van der Waals surface area contributed by atoms with Crippen molar-refractivity contribution in [3.05, 3.63) is 28.8 Å². The average molecular weight is 322 g/mol. The number of hydrogen-bond donors (Lipinski definition) is 1. The number of rotatable bonds is 5. The van der Waals surface area contributed by atoms with Crippen molar-refractivity contribution in [3.63, 3.8) is 0 Å². The molecule has 1 aromatic carbocycles. The van der Waals surface area contributed by atoms with E-state index in [1.807, 2.05) is 13.0 Å². The molecule has 1 N–H and O–H groups in total. The van der Waals surface area contributed by atoms with Gasteiger partial charge in [-0.2, -0.15) is 0 Å². The summed E-state index contributed by atoms with van der Waals surface area (Å²) in [6.07, 6.45) is 1.18. The first-order valence-corrected chi connectivity index (χ1v) is 8.83. The zero-order valence-electron chi connectivity index (χ0n) is 14.0. The summed E-state index contributed by atoms with van der Waals surface area (Å²) in [4.78, 5) is 5.17. The quantitative estimate of drug-likeness (QED) is 0.897. The van der Waals surface area contributed by atoms with Crippen LogP contribution in [0.25, 0.3) is 0 Å². The summed E-state index contributed by atoms with van der Waals surface area (Å²) >= 11 is 6.17. The van der Waals surface area contributed by atoms with Crippen LogP contribution in [0.2, 0.25) is 5.02 Å². The molecular weight excluding hydrogens is 294 g/mol. The Morgan fingerprint density at radius 1 is 1.23 bits per heavy atom. The highest BCUT2D eigenvalue weighted by Crippen LogP contribution is 2.31. The Balaban J connectivity index is 1.43. The Bertz CT molecular complexity index is 505. The third-order valence-electron chi connectivity index (χ3n) is 5.38. The van der Waals surface area contributed by atoms with Crippen LogP contribution in [0.15, 0.2) is 18.2 Å². The van der Waals surface area contributed by atoms with E-state index in [1.54, 1.807) is 0 Å². The third kappa shape index (κ3) is 3.58. The van der Waals surface area contributed by atoms with E-state index >= 15 is 0 Å². The van der Waals surface area contributed by atoms with Crippen LogP contribution in [-0.2, 0) is 0 Å². The number of halogens is 1. The highest BCUT2D eigenvalue weighted by atomic mass is 35.5. The van der Waals surface area contributed by atoms with Gasteiger partial charge in [0.1, 0.15) is 0 Å². The molecule has 2 saturated heterocycles. The van der Waals surface area contributed by atoms with Crippen LogP contribution < -0.4 is 5.32 Å². The minimum absolute atomic E-state index is 0.657. The molecule has 0 bridgehead atoms. The first-order valence-electron chi connectivity index (χ1n) is 8.45. The van der Waals surface area contributed by atoms with Gasteiger partial charge in [-0.3, -0.25) is 4.90 Å². The van der Waals surface area contributed by atoms with Crippen molar-refractivity contribution in [1.29, 1.82) is 0 Å². The molecule has 0 radical (unpaired) electrons. The third-order valence-corrected chi connectivity index (χ3v) is 5.79. The molecule has 22 heavy (non-hydrogen) atoms. The summed E-state index contributed by atoms with van der Waals surface area (Å²) in [5.41, 5.74) is 2.26. The Hall–Kier alpha value is -0.770. The van der Waals surface area contributed by atoms with Gasteiger partial charge in [0, 0.05) is 49.5 Å². The molecule has 0 spiro atoms. The van der Waals surface area contributed by atoms with Gasteiger partial charge in [-0.1, -0.05) is 17.7 Å². The maximum absolute atomic E-state index is 6.17. The van der Waals surface area contributed by atoms with Crippen molar-refractivity contribution in [3.8, 4) is 0 Å². The fourth-order valence-electron chi connectivity index (χ4n) is 3.93. The smallest absolute Gasteiger partial charge is 0.0455 e. The van der Waals surface area contributed by atoms with Crippen molar-refractivity contribution in [2.45, 2.75) is 26.3 Å². The summed E-state index contributed by atoms with van der Waals surface area (Å²) in [7, 11) is 2.25. The fraction of sp³-hybridized carbons (Fsp3) is 0.667. The van der Waals surface area contributed by atoms with E-state index in [-0.39, 0.29) is 0 Å². The van der Waals surface area contributed by atoms with E-state index in [9.17, 15) is 0 Å². The lowest BCUT2D eigenvalue weighted by Gasteiger charge is -2.26. The first-order chi connectivity index (χ1) is 10.5. The molecule has 1 aromatic rings. The average Bonchev–Trinajstić information content (AvgIpc) is 3.00. The highest BCUT2D eigenvalue weighted by Gasteiger charge is 2.39. The van der Waals surface area contributed by atoms with Gasteiger partial charge in [0.15, 0.2) is 0 Å². The number of benzene rings is 1. The molecule has 4 heteroatoms. The van der Waals surface area contributed by atoms with Crippen LogP contribution in [0.5, 0.6) is 0 Å². The van der Waals surface area contributed by atoms with Crippen LogP contribution in [0, 0.1) is 18.8 Å². The second kappa shape index (κ2) is 6.77. The topological polar surface area (TPSA) is 18.5 Å². The van der Waals surface area contributed by atoms with Crippen LogP contribution >= 0.6 is 11.6 Å². The summed E-state index contributed by atoms with van der Waals surface area (Å²) in [6.45, 7) is 10.6. The Morgan fingerprint density at radius 3 is 2.55 bits per heavy atom. The van der Waals surface area contributed by atoms with Gasteiger partial charge < -0.3 is 10.2 Å². The number of anilines is 1. The van der Waals surface area contributed by atoms with Gasteiger partial charge in [-0.05, 0) is 56.8 Å². The predicted molar refractivity (Wildman–Crippen MR) is 94.8 cm³/mol. The molecule has 0 aromatic heterocycles. The monoisotopic (exact) mass is 321 g/mol. The Kier molecular flexibility index (Phi) is 4.96. The van der Waals surface area contributed by atoms with E-state index in [1.165, 1.54) is 32.6 Å². The second-order valence-corrected chi connectivity index (χ2v) is 7.63. The summed E-state index contributed by atoms with van der Waals surface area (Å²) < 4.78 is 0. The van der Waals surface area contributed by atoms with E-state index in [2.05, 4.69) is 41.2 Å². The Labute approximate surface area is 139 Å². The number of nitrogens with zero attached hydrogens (tertiary/aromatic N) is 2. The molecule has 3 rings (SSSR count). The van der Waals surface area contributed by atoms with Gasteiger partial charge in [0.2, 0.25) is 0 Å². The van der Waals surface area contributed by atoms with Gasteiger partial charge in [0.25, 0.3) is 0 Å². The molecule has 3 atom stereocenters. The van der Waals surface area contributed by atoms with Crippen LogP contribution in [-0.4, -0.2) is 55.6 Å². The summed E-state index contributed by atoms with van der Waals surface area (Å²) in [5.74, 6) is 1.80. The second-order valence-electron chi connectivity index (χ2n) is 7.22. The molecule has 3 nitrogen and oxygen atoms in total. The first kappa shape index (κ1) is 16.1. The maximum Gasteiger partial charge on any atom is 0.0455 e. The minimum atomic E-state index is 0.657. The summed E-state index contributed by atoms with van der Waals surface area (Å²) in [6, 6.07) is 6.87. The molecule has 2 fully saturated rings. The molecule has 0 amide bonds. The lowest BCUT2D eigenvalue weighted by molar-refractivity contribution is 0.217. The fourth-order valence-corrected chi connectivity index (χ4v) is 4.12. The SMILES string of the molecule is Cc1ccc(NCCC(C)N2CC3CN(C)CC3C2)cc1Cl. The lowest BCUT2D eigenvalue weighted by atomic mass is 10.0. The number of aryl methyl sites for hydroxylation is 1. The van der Waals surface area contributed by atoms with E-state index in [0.717, 1.165) is 34.7 Å². The molecule has 3 unspecified atom stereocenters. The molecule has 0 aliphatic carbocycles. The molecule has 0 saturated carbocycles. The highest BCUT2D eigenvalue weighted by molar-refractivity contribution is 6.31. The largest absolute Gasteiger partial charge is 0.385 e. The van der Waals surface area contributed by atoms with Gasteiger partial charge in [-0.15, -0.1) is 0 Å². The van der Waals surface area contributed by atoms with E-state index in [0.29, 0.717) is 6.04 Å². The van der Waals surface area contributed by atoms with Crippen molar-refractivity contribution in [2.24, 2.45) is 11.8 Å². The standard InChI is InChI=1S/C18H28ClN3/c1-13-4-5-17(8-18(13)19)20-7-6-14(2)22-11-15-9-21(3)10-16(15)12-22/h4-5,8,14-16,20H,6-7,9-12H2,1-3H3. The minimum Gasteiger partial charge on any atom is -0.385 e. The normalized spacial score (nSPS) is 27.1. The van der Waals surface area contributed by atoms with E-state index < -0.39 is 0 Å². The maximum atomic E-state index is 6.17. The molecule has 2 aliphatic rings. The molecule has 2 aliphatic heterocycles.